The highest BCUT2D eigenvalue weighted by Crippen LogP contribution is 2.04. The summed E-state index contributed by atoms with van der Waals surface area (Å²) in [6.07, 6.45) is 2.54. The van der Waals surface area contributed by atoms with E-state index in [1.54, 1.807) is 7.11 Å². The van der Waals surface area contributed by atoms with E-state index < -0.39 is 0 Å². The molecular weight excluding hydrogens is 204 g/mol. The topological polar surface area (TPSA) is 33.7 Å². The molecule has 4 nitrogen and oxygen atoms in total. The van der Waals surface area contributed by atoms with Crippen LogP contribution in [0.2, 0.25) is 0 Å². The summed E-state index contributed by atoms with van der Waals surface area (Å²) < 4.78 is 10.4. The van der Waals surface area contributed by atoms with Crippen LogP contribution >= 0.6 is 0 Å². The van der Waals surface area contributed by atoms with Crippen LogP contribution in [-0.2, 0) is 9.47 Å². The average molecular weight is 230 g/mol. The lowest BCUT2D eigenvalue weighted by atomic mass is 10.1. The van der Waals surface area contributed by atoms with Gasteiger partial charge >= 0.3 is 0 Å². The molecule has 1 N–H and O–H groups in total. The number of hydrogen-bond donors (Lipinski definition) is 1. The second-order valence-corrected chi connectivity index (χ2v) is 4.35. The van der Waals surface area contributed by atoms with Crippen molar-refractivity contribution in [3.63, 3.8) is 0 Å². The third kappa shape index (κ3) is 5.80. The van der Waals surface area contributed by atoms with Crippen LogP contribution in [0.5, 0.6) is 0 Å². The van der Waals surface area contributed by atoms with E-state index in [9.17, 15) is 0 Å². The van der Waals surface area contributed by atoms with Gasteiger partial charge in [0.25, 0.3) is 0 Å². The zero-order valence-corrected chi connectivity index (χ0v) is 10.7. The first kappa shape index (κ1) is 13.9. The van der Waals surface area contributed by atoms with Crippen LogP contribution in [0.3, 0.4) is 0 Å². The summed E-state index contributed by atoms with van der Waals surface area (Å²) in [5, 5.41) is 3.56. The normalized spacial score (nSPS) is 22.5. The molecule has 0 saturated carbocycles. The Balaban J connectivity index is 2.02. The quantitative estimate of drug-likeness (QED) is 0.623. The van der Waals surface area contributed by atoms with Crippen molar-refractivity contribution in [3.05, 3.63) is 0 Å². The summed E-state index contributed by atoms with van der Waals surface area (Å²) >= 11 is 0. The lowest BCUT2D eigenvalue weighted by Gasteiger charge is -2.33. The minimum Gasteiger partial charge on any atom is -0.382 e. The molecule has 0 spiro atoms. The van der Waals surface area contributed by atoms with E-state index in [1.165, 1.54) is 19.4 Å². The Kier molecular flexibility index (Phi) is 7.76. The van der Waals surface area contributed by atoms with Crippen molar-refractivity contribution < 1.29 is 9.47 Å². The summed E-state index contributed by atoms with van der Waals surface area (Å²) in [4.78, 5) is 2.49. The summed E-state index contributed by atoms with van der Waals surface area (Å²) in [7, 11) is 1.70. The van der Waals surface area contributed by atoms with Gasteiger partial charge in [0.1, 0.15) is 0 Å². The summed E-state index contributed by atoms with van der Waals surface area (Å²) in [6, 6.07) is 0.678. The van der Waals surface area contributed by atoms with Crippen LogP contribution in [0.1, 0.15) is 19.8 Å². The smallest absolute Gasteiger partial charge is 0.0700 e. The van der Waals surface area contributed by atoms with E-state index >= 15 is 0 Å². The highest BCUT2D eigenvalue weighted by molar-refractivity contribution is 4.77. The molecule has 0 radical (unpaired) electrons. The van der Waals surface area contributed by atoms with E-state index in [-0.39, 0.29) is 0 Å². The second kappa shape index (κ2) is 8.93. The maximum Gasteiger partial charge on any atom is 0.0700 e. The van der Waals surface area contributed by atoms with E-state index in [2.05, 4.69) is 17.1 Å². The van der Waals surface area contributed by atoms with Crippen LogP contribution in [0.15, 0.2) is 0 Å². The van der Waals surface area contributed by atoms with Crippen molar-refractivity contribution >= 4 is 0 Å². The van der Waals surface area contributed by atoms with Gasteiger partial charge in [0.15, 0.2) is 0 Å². The molecule has 0 bridgehead atoms. The first-order valence-electron chi connectivity index (χ1n) is 6.39. The Morgan fingerprint density at radius 2 is 2.19 bits per heavy atom. The van der Waals surface area contributed by atoms with E-state index in [0.717, 1.165) is 26.2 Å². The minimum absolute atomic E-state index is 0.678. The molecular formula is C12H26N2O2. The highest BCUT2D eigenvalue weighted by Gasteiger charge is 2.17. The van der Waals surface area contributed by atoms with Crippen LogP contribution in [0, 0.1) is 0 Å². The maximum absolute atomic E-state index is 5.48. The molecule has 0 aromatic heterocycles. The number of nitrogens with zero attached hydrogens (tertiary/aromatic N) is 1. The van der Waals surface area contributed by atoms with Gasteiger partial charge in [-0.05, 0) is 6.42 Å². The fourth-order valence-electron chi connectivity index (χ4n) is 2.08. The van der Waals surface area contributed by atoms with Crippen LogP contribution in [0.25, 0.3) is 0 Å². The number of methoxy groups -OCH3 is 1. The van der Waals surface area contributed by atoms with Crippen molar-refractivity contribution in [1.29, 1.82) is 0 Å². The van der Waals surface area contributed by atoms with Gasteiger partial charge in [0, 0.05) is 39.3 Å². The molecule has 1 fully saturated rings. The Labute approximate surface area is 99.3 Å². The second-order valence-electron chi connectivity index (χ2n) is 4.35. The van der Waals surface area contributed by atoms with Crippen LogP contribution < -0.4 is 5.32 Å². The average Bonchev–Trinajstić information content (AvgIpc) is 2.30. The van der Waals surface area contributed by atoms with Gasteiger partial charge < -0.3 is 14.8 Å². The van der Waals surface area contributed by atoms with Crippen molar-refractivity contribution in [2.75, 3.05) is 53.1 Å². The molecule has 1 saturated heterocycles. The molecule has 96 valence electrons. The van der Waals surface area contributed by atoms with Crippen LogP contribution in [-0.4, -0.2) is 64.1 Å². The molecule has 16 heavy (non-hydrogen) atoms. The largest absolute Gasteiger partial charge is 0.382 e. The summed E-state index contributed by atoms with van der Waals surface area (Å²) in [5.74, 6) is 0. The number of rotatable bonds is 8. The zero-order chi connectivity index (χ0) is 11.6. The van der Waals surface area contributed by atoms with Gasteiger partial charge in [-0.3, -0.25) is 4.90 Å². The molecule has 0 aliphatic carbocycles. The van der Waals surface area contributed by atoms with Gasteiger partial charge in [-0.25, -0.2) is 0 Å². The molecule has 4 heteroatoms. The molecule has 1 rings (SSSR count). The van der Waals surface area contributed by atoms with Crippen molar-refractivity contribution in [2.24, 2.45) is 0 Å². The third-order valence-electron chi connectivity index (χ3n) is 2.96. The minimum atomic E-state index is 0.678. The first-order valence-corrected chi connectivity index (χ1v) is 6.39. The maximum atomic E-state index is 5.48. The Bertz CT molecular complexity index is 165. The van der Waals surface area contributed by atoms with Gasteiger partial charge in [-0.1, -0.05) is 13.3 Å². The predicted molar refractivity (Wildman–Crippen MR) is 65.8 cm³/mol. The number of piperazine rings is 1. The lowest BCUT2D eigenvalue weighted by Crippen LogP contribution is -2.51. The van der Waals surface area contributed by atoms with Gasteiger partial charge in [0.05, 0.1) is 19.8 Å². The molecule has 1 heterocycles. The highest BCUT2D eigenvalue weighted by atomic mass is 16.5. The van der Waals surface area contributed by atoms with Crippen LogP contribution in [0.4, 0.5) is 0 Å². The fraction of sp³-hybridized carbons (Fsp3) is 1.00. The number of hydrogen-bond acceptors (Lipinski definition) is 4. The predicted octanol–water partition coefficient (Wildman–Crippen LogP) is 0.723. The SMILES string of the molecule is CCCC1CN(CCOCCOC)CCN1. The Morgan fingerprint density at radius 3 is 2.94 bits per heavy atom. The zero-order valence-electron chi connectivity index (χ0n) is 10.7. The number of ether oxygens (including phenoxy) is 2. The molecule has 1 unspecified atom stereocenters. The lowest BCUT2D eigenvalue weighted by molar-refractivity contribution is 0.0520. The molecule has 0 amide bonds. The Hall–Kier alpha value is -0.160. The molecule has 1 aliphatic heterocycles. The van der Waals surface area contributed by atoms with Crippen molar-refractivity contribution in [1.82, 2.24) is 10.2 Å². The summed E-state index contributed by atoms with van der Waals surface area (Å²) in [6.45, 7) is 8.95. The van der Waals surface area contributed by atoms with Crippen molar-refractivity contribution in [2.45, 2.75) is 25.8 Å². The summed E-state index contributed by atoms with van der Waals surface area (Å²) in [5.41, 5.74) is 0. The third-order valence-corrected chi connectivity index (χ3v) is 2.96. The first-order chi connectivity index (χ1) is 7.86. The van der Waals surface area contributed by atoms with Gasteiger partial charge in [-0.2, -0.15) is 0 Å². The van der Waals surface area contributed by atoms with Gasteiger partial charge in [0.2, 0.25) is 0 Å². The van der Waals surface area contributed by atoms with Gasteiger partial charge in [-0.15, -0.1) is 0 Å². The monoisotopic (exact) mass is 230 g/mol. The van der Waals surface area contributed by atoms with E-state index in [1.807, 2.05) is 0 Å². The molecule has 1 atom stereocenters. The van der Waals surface area contributed by atoms with E-state index in [4.69, 9.17) is 9.47 Å². The number of nitrogens with one attached hydrogen (secondary N) is 1. The Morgan fingerprint density at radius 1 is 1.31 bits per heavy atom. The molecule has 1 aliphatic rings. The fourth-order valence-corrected chi connectivity index (χ4v) is 2.08. The standard InChI is InChI=1S/C12H26N2O2/c1-3-4-12-11-14(6-5-13-12)7-8-16-10-9-15-2/h12-13H,3-11H2,1-2H3. The van der Waals surface area contributed by atoms with Crippen molar-refractivity contribution in [3.8, 4) is 0 Å². The van der Waals surface area contributed by atoms with E-state index in [0.29, 0.717) is 19.3 Å². The molecule has 0 aromatic rings. The molecule has 0 aromatic carbocycles.